The predicted molar refractivity (Wildman–Crippen MR) is 206 cm³/mol. The van der Waals surface area contributed by atoms with Crippen LogP contribution in [0.15, 0.2) is 17.8 Å². The van der Waals surface area contributed by atoms with Crippen LogP contribution in [0.2, 0.25) is 0 Å². The van der Waals surface area contributed by atoms with E-state index in [1.54, 1.807) is 11.6 Å². The molecule has 3 fully saturated rings. The maximum atomic E-state index is 14.8. The molecule has 56 heavy (non-hydrogen) atoms. The van der Waals surface area contributed by atoms with Gasteiger partial charge in [-0.1, -0.05) is 0 Å². The fourth-order valence-corrected chi connectivity index (χ4v) is 8.62. The molecule has 300 valence electrons. The molecule has 0 aromatic carbocycles. The molecule has 7 rings (SSSR count). The van der Waals surface area contributed by atoms with Crippen LogP contribution in [-0.2, 0) is 45.7 Å². The molecular weight excluding hydrogens is 742 g/mol. The molecule has 0 radical (unpaired) electrons. The quantitative estimate of drug-likeness (QED) is 0.0812. The lowest BCUT2D eigenvalue weighted by atomic mass is 9.91. The van der Waals surface area contributed by atoms with Gasteiger partial charge in [0.1, 0.15) is 11.7 Å². The van der Waals surface area contributed by atoms with Gasteiger partial charge in [0.05, 0.1) is 37.6 Å². The summed E-state index contributed by atoms with van der Waals surface area (Å²) in [5, 5.41) is 24.2. The van der Waals surface area contributed by atoms with Gasteiger partial charge in [-0.05, 0) is 82.2 Å². The molecule has 3 aromatic rings. The van der Waals surface area contributed by atoms with Crippen molar-refractivity contribution in [2.24, 2.45) is 13.0 Å². The van der Waals surface area contributed by atoms with Crippen molar-refractivity contribution in [1.82, 2.24) is 51.2 Å². The minimum Gasteiger partial charge on any atom is -0.355 e. The fourth-order valence-electron chi connectivity index (χ4n) is 7.65. The van der Waals surface area contributed by atoms with Crippen molar-refractivity contribution in [1.29, 1.82) is 0 Å². The number of imide groups is 1. The number of carbonyl (C=O) groups excluding carboxylic acids is 5. The van der Waals surface area contributed by atoms with Crippen LogP contribution in [-0.4, -0.2) is 98.5 Å². The molecule has 5 amide bonds. The first-order valence-electron chi connectivity index (χ1n) is 19.6. The van der Waals surface area contributed by atoms with Gasteiger partial charge in [-0.3, -0.25) is 34.0 Å². The third-order valence-corrected chi connectivity index (χ3v) is 12.1. The average Bonchev–Trinajstić information content (AvgIpc) is 3.69. The Hall–Kier alpha value is -4.81. The number of aryl methyl sites for hydroxylation is 1. The van der Waals surface area contributed by atoms with E-state index in [1.165, 1.54) is 35.3 Å². The maximum Gasteiger partial charge on any atom is 0.256 e. The molecule has 2 aliphatic carbocycles. The van der Waals surface area contributed by atoms with Crippen molar-refractivity contribution in [2.75, 3.05) is 31.5 Å². The SMILES string of the molecule is Cn1ncc(-c2nc(NC3CCC(NCC(=O)NCCCCNCC(=O)NCc4scc5c4CN(C4CCC(=O)NC4=O)C5=O)CC3)ncc2F)c1CC1CC1. The van der Waals surface area contributed by atoms with Crippen molar-refractivity contribution in [3.63, 3.8) is 0 Å². The summed E-state index contributed by atoms with van der Waals surface area (Å²) in [6.45, 7) is 2.13. The van der Waals surface area contributed by atoms with Gasteiger partial charge in [0.15, 0.2) is 5.82 Å². The number of rotatable bonds is 18. The Morgan fingerprint density at radius 1 is 0.946 bits per heavy atom. The molecule has 18 heteroatoms. The van der Waals surface area contributed by atoms with Crippen molar-refractivity contribution < 1.29 is 28.4 Å². The van der Waals surface area contributed by atoms with Crippen LogP contribution in [0.4, 0.5) is 10.3 Å². The molecular formula is C38H50FN11O5S. The third kappa shape index (κ3) is 9.76. The van der Waals surface area contributed by atoms with Crippen LogP contribution >= 0.6 is 11.3 Å². The van der Waals surface area contributed by atoms with Gasteiger partial charge in [0, 0.05) is 60.2 Å². The summed E-state index contributed by atoms with van der Waals surface area (Å²) < 4.78 is 16.7. The topological polar surface area (TPSA) is 204 Å². The number of aromatic nitrogens is 4. The zero-order chi connectivity index (χ0) is 39.2. The number of piperidine rings is 1. The van der Waals surface area contributed by atoms with Crippen molar-refractivity contribution >= 4 is 46.8 Å². The monoisotopic (exact) mass is 791 g/mol. The standard InChI is InChI=1S/C38H50FN11O5S/c1-49-30(14-22-4-5-22)25(15-45-49)35-28(39)16-44-38(48-35)46-24-8-6-23(7-9-24)42-19-34(53)41-13-3-2-12-40-18-33(52)43-17-31-26-20-50(37(55)27(26)21-56-31)29-10-11-32(51)47-36(29)54/h15-16,21-24,29,40,42H,2-14,17-20H2,1H3,(H,41,53)(H,43,52)(H,44,46,48)(H,47,51,54). The van der Waals surface area contributed by atoms with E-state index in [1.807, 2.05) is 11.7 Å². The van der Waals surface area contributed by atoms with E-state index in [0.29, 0.717) is 36.9 Å². The number of carbonyl (C=O) groups is 5. The van der Waals surface area contributed by atoms with E-state index in [0.717, 1.165) is 66.6 Å². The molecule has 2 aliphatic heterocycles. The molecule has 4 aliphatic rings. The van der Waals surface area contributed by atoms with E-state index < -0.39 is 17.8 Å². The number of hydrogen-bond acceptors (Lipinski definition) is 12. The van der Waals surface area contributed by atoms with Crippen LogP contribution in [0, 0.1) is 11.7 Å². The summed E-state index contributed by atoms with van der Waals surface area (Å²) >= 11 is 1.41. The van der Waals surface area contributed by atoms with Gasteiger partial charge in [-0.15, -0.1) is 11.3 Å². The summed E-state index contributed by atoms with van der Waals surface area (Å²) in [5.74, 6) is -0.621. The Kier molecular flexibility index (Phi) is 12.7. The molecule has 0 bridgehead atoms. The lowest BCUT2D eigenvalue weighted by Gasteiger charge is -2.29. The minimum atomic E-state index is -0.667. The number of nitrogens with zero attached hydrogens (tertiary/aromatic N) is 5. The second-order valence-corrected chi connectivity index (χ2v) is 16.2. The number of anilines is 1. The molecule has 1 saturated heterocycles. The first-order valence-corrected chi connectivity index (χ1v) is 20.5. The van der Waals surface area contributed by atoms with Crippen LogP contribution in [0.1, 0.15) is 90.7 Å². The molecule has 1 unspecified atom stereocenters. The number of thiophene rings is 1. The Bertz CT molecular complexity index is 1940. The molecule has 16 nitrogen and oxygen atoms in total. The summed E-state index contributed by atoms with van der Waals surface area (Å²) in [4.78, 5) is 72.8. The lowest BCUT2D eigenvalue weighted by molar-refractivity contribution is -0.137. The van der Waals surface area contributed by atoms with Gasteiger partial charge < -0.3 is 31.5 Å². The van der Waals surface area contributed by atoms with Crippen molar-refractivity contribution in [2.45, 2.75) is 102 Å². The number of fused-ring (bicyclic) bond motifs is 1. The highest BCUT2D eigenvalue weighted by Gasteiger charge is 2.40. The van der Waals surface area contributed by atoms with E-state index in [4.69, 9.17) is 0 Å². The maximum absolute atomic E-state index is 14.8. The first kappa shape index (κ1) is 39.4. The van der Waals surface area contributed by atoms with Crippen LogP contribution in [0.25, 0.3) is 11.3 Å². The van der Waals surface area contributed by atoms with Crippen LogP contribution in [0.5, 0.6) is 0 Å². The third-order valence-electron chi connectivity index (χ3n) is 11.1. The largest absolute Gasteiger partial charge is 0.355 e. The van der Waals surface area contributed by atoms with Gasteiger partial charge in [-0.25, -0.2) is 14.4 Å². The highest BCUT2D eigenvalue weighted by atomic mass is 32.1. The van der Waals surface area contributed by atoms with Crippen LogP contribution < -0.4 is 31.9 Å². The second-order valence-electron chi connectivity index (χ2n) is 15.2. The minimum absolute atomic E-state index is 0.0525. The van der Waals surface area contributed by atoms with Crippen molar-refractivity contribution in [3.8, 4) is 11.3 Å². The van der Waals surface area contributed by atoms with Gasteiger partial charge >= 0.3 is 0 Å². The predicted octanol–water partition coefficient (Wildman–Crippen LogP) is 1.91. The zero-order valence-electron chi connectivity index (χ0n) is 31.6. The summed E-state index contributed by atoms with van der Waals surface area (Å²) in [6, 6.07) is -0.275. The number of unbranched alkanes of at least 4 members (excludes halogenated alkanes) is 1. The van der Waals surface area contributed by atoms with E-state index in [2.05, 4.69) is 47.0 Å². The van der Waals surface area contributed by atoms with Gasteiger partial charge in [0.2, 0.25) is 29.6 Å². The van der Waals surface area contributed by atoms with Crippen molar-refractivity contribution in [3.05, 3.63) is 45.3 Å². The lowest BCUT2D eigenvalue weighted by Crippen LogP contribution is -2.52. The van der Waals surface area contributed by atoms with E-state index in [-0.39, 0.29) is 74.0 Å². The van der Waals surface area contributed by atoms with Gasteiger partial charge in [0.25, 0.3) is 5.91 Å². The molecule has 1 atom stereocenters. The van der Waals surface area contributed by atoms with E-state index >= 15 is 0 Å². The normalized spacial score (nSPS) is 20.9. The van der Waals surface area contributed by atoms with E-state index in [9.17, 15) is 28.4 Å². The number of hydrogen-bond donors (Lipinski definition) is 6. The smallest absolute Gasteiger partial charge is 0.256 e. The highest BCUT2D eigenvalue weighted by molar-refractivity contribution is 7.10. The number of nitrogens with one attached hydrogen (secondary N) is 6. The average molecular weight is 792 g/mol. The molecule has 3 aromatic heterocycles. The molecule has 5 heterocycles. The summed E-state index contributed by atoms with van der Waals surface area (Å²) in [5.41, 5.74) is 3.38. The van der Waals surface area contributed by atoms with Crippen LogP contribution in [0.3, 0.4) is 0 Å². The second kappa shape index (κ2) is 18.0. The zero-order valence-corrected chi connectivity index (χ0v) is 32.4. The fraction of sp³-hybridized carbons (Fsp3) is 0.579. The Balaban J connectivity index is 0.723. The Morgan fingerprint density at radius 2 is 1.71 bits per heavy atom. The number of amides is 5. The first-order chi connectivity index (χ1) is 27.1. The highest BCUT2D eigenvalue weighted by Crippen LogP contribution is 2.36. The van der Waals surface area contributed by atoms with Gasteiger partial charge in [-0.2, -0.15) is 5.10 Å². The molecule has 6 N–H and O–H groups in total. The Labute approximate surface area is 328 Å². The molecule has 0 spiro atoms. The summed E-state index contributed by atoms with van der Waals surface area (Å²) in [6.07, 6.45) is 11.8. The Morgan fingerprint density at radius 3 is 2.50 bits per heavy atom. The molecule has 2 saturated carbocycles. The summed E-state index contributed by atoms with van der Waals surface area (Å²) in [7, 11) is 1.89. The number of halogens is 1.